The zero-order chi connectivity index (χ0) is 23.6. The van der Waals surface area contributed by atoms with Gasteiger partial charge in [0.1, 0.15) is 17.6 Å². The first kappa shape index (κ1) is 26.5. The van der Waals surface area contributed by atoms with Crippen LogP contribution in [0.1, 0.15) is 42.3 Å². The van der Waals surface area contributed by atoms with E-state index in [1.54, 1.807) is 18.2 Å². The molecule has 1 saturated carbocycles. The largest absolute Gasteiger partial charge is 0.408 e. The highest BCUT2D eigenvalue weighted by molar-refractivity contribution is 5.85. The molecule has 4 aromatic rings. The van der Waals surface area contributed by atoms with Crippen LogP contribution in [0.3, 0.4) is 0 Å². The van der Waals surface area contributed by atoms with Crippen molar-refractivity contribution in [2.45, 2.75) is 43.4 Å². The second-order valence-electron chi connectivity index (χ2n) is 9.24. The van der Waals surface area contributed by atoms with Gasteiger partial charge in [0.15, 0.2) is 11.5 Å². The Bertz CT molecular complexity index is 1400. The summed E-state index contributed by atoms with van der Waals surface area (Å²) in [5.74, 6) is 0.321. The van der Waals surface area contributed by atoms with Crippen LogP contribution in [0.25, 0.3) is 28.1 Å². The summed E-state index contributed by atoms with van der Waals surface area (Å²) in [6, 6.07) is 7.59. The van der Waals surface area contributed by atoms with E-state index >= 15 is 0 Å². The molecule has 6 rings (SSSR count). The van der Waals surface area contributed by atoms with Gasteiger partial charge in [-0.3, -0.25) is 9.30 Å². The van der Waals surface area contributed by atoms with Crippen molar-refractivity contribution in [2.75, 3.05) is 13.1 Å². The van der Waals surface area contributed by atoms with Crippen molar-refractivity contribution in [3.63, 3.8) is 0 Å². The molecule has 6 nitrogen and oxygen atoms in total. The van der Waals surface area contributed by atoms with Gasteiger partial charge in [-0.05, 0) is 60.6 Å². The lowest BCUT2D eigenvalue weighted by atomic mass is 10.1. The van der Waals surface area contributed by atoms with Crippen LogP contribution in [-0.4, -0.2) is 49.8 Å². The predicted molar refractivity (Wildman–Crippen MR) is 133 cm³/mol. The monoisotopic (exact) mass is 542 g/mol. The van der Waals surface area contributed by atoms with Crippen LogP contribution in [0.5, 0.6) is 0 Å². The van der Waals surface area contributed by atoms with E-state index in [2.05, 4.69) is 15.2 Å². The molecule has 0 bridgehead atoms. The average Bonchev–Trinajstić information content (AvgIpc) is 3.41. The number of hydrogen-bond donors (Lipinski definition) is 1. The zero-order valence-corrected chi connectivity index (χ0v) is 20.6. The fourth-order valence-electron chi connectivity index (χ4n) is 4.89. The first-order valence-electron chi connectivity index (χ1n) is 11.3. The van der Waals surface area contributed by atoms with Crippen LogP contribution in [0.4, 0.5) is 17.6 Å². The van der Waals surface area contributed by atoms with E-state index in [0.717, 1.165) is 12.8 Å². The molecule has 0 spiro atoms. The number of alkyl halides is 3. The molecule has 1 saturated heterocycles. The maximum Gasteiger partial charge on any atom is 0.408 e. The first-order valence-corrected chi connectivity index (χ1v) is 11.3. The van der Waals surface area contributed by atoms with E-state index in [-0.39, 0.29) is 61.2 Å². The van der Waals surface area contributed by atoms with Crippen LogP contribution in [0, 0.1) is 5.82 Å². The van der Waals surface area contributed by atoms with Crippen LogP contribution in [-0.2, 0) is 0 Å². The van der Waals surface area contributed by atoms with Crippen molar-refractivity contribution in [1.29, 1.82) is 0 Å². The molecule has 0 amide bonds. The molecule has 1 aliphatic heterocycles. The second kappa shape index (κ2) is 9.74. The Morgan fingerprint density at radius 3 is 2.44 bits per heavy atom. The van der Waals surface area contributed by atoms with Crippen LogP contribution >= 0.6 is 24.8 Å². The number of likely N-dealkylation sites (tertiary alicyclic amines) is 1. The van der Waals surface area contributed by atoms with Gasteiger partial charge in [0, 0.05) is 30.7 Å². The minimum atomic E-state index is -4.46. The number of fused-ring (bicyclic) bond motifs is 2. The fourth-order valence-corrected chi connectivity index (χ4v) is 4.89. The van der Waals surface area contributed by atoms with Crippen LogP contribution in [0.15, 0.2) is 42.6 Å². The Kier molecular flexibility index (Phi) is 7.18. The highest BCUT2D eigenvalue weighted by atomic mass is 35.5. The number of hydrogen-bond acceptors (Lipinski definition) is 5. The van der Waals surface area contributed by atoms with E-state index in [9.17, 15) is 17.6 Å². The third-order valence-electron chi connectivity index (χ3n) is 6.73. The average molecular weight is 543 g/mol. The smallest absolute Gasteiger partial charge is 0.326 e. The van der Waals surface area contributed by atoms with E-state index in [1.807, 2.05) is 0 Å². The van der Waals surface area contributed by atoms with Gasteiger partial charge in [0.25, 0.3) is 0 Å². The predicted octanol–water partition coefficient (Wildman–Crippen LogP) is 5.44. The molecule has 2 aliphatic rings. The molecule has 4 heterocycles. The Balaban J connectivity index is 0.00000152. The number of nitrogens with two attached hydrogens (primary N) is 1. The molecule has 1 aliphatic carbocycles. The Morgan fingerprint density at radius 2 is 1.78 bits per heavy atom. The van der Waals surface area contributed by atoms with Crippen molar-refractivity contribution in [1.82, 2.24) is 24.5 Å². The van der Waals surface area contributed by atoms with Crippen molar-refractivity contribution in [3.8, 4) is 11.5 Å². The number of aromatic nitrogens is 4. The Hall–Kier alpha value is -2.53. The number of halogens is 6. The molecule has 2 fully saturated rings. The second-order valence-corrected chi connectivity index (χ2v) is 9.24. The lowest BCUT2D eigenvalue weighted by molar-refractivity contribution is -0.183. The van der Waals surface area contributed by atoms with Crippen molar-refractivity contribution in [2.24, 2.45) is 5.73 Å². The third kappa shape index (κ3) is 4.74. The van der Waals surface area contributed by atoms with Gasteiger partial charge in [0.2, 0.25) is 0 Å². The van der Waals surface area contributed by atoms with Gasteiger partial charge in [-0.25, -0.2) is 9.37 Å². The van der Waals surface area contributed by atoms with Gasteiger partial charge in [-0.2, -0.15) is 13.2 Å². The van der Waals surface area contributed by atoms with E-state index < -0.39 is 12.2 Å². The summed E-state index contributed by atoms with van der Waals surface area (Å²) < 4.78 is 58.2. The number of benzene rings is 1. The quantitative estimate of drug-likeness (QED) is 0.347. The highest BCUT2D eigenvalue weighted by Gasteiger charge is 2.46. The minimum Gasteiger partial charge on any atom is -0.326 e. The summed E-state index contributed by atoms with van der Waals surface area (Å²) in [7, 11) is 0. The normalized spacial score (nSPS) is 19.3. The molecular weight excluding hydrogens is 519 g/mol. The lowest BCUT2D eigenvalue weighted by Gasteiger charge is -2.30. The zero-order valence-electron chi connectivity index (χ0n) is 19.0. The van der Waals surface area contributed by atoms with E-state index in [1.165, 1.54) is 33.7 Å². The summed E-state index contributed by atoms with van der Waals surface area (Å²) in [5.41, 5.74) is 8.12. The summed E-state index contributed by atoms with van der Waals surface area (Å²) in [5, 5.41) is 8.96. The maximum atomic E-state index is 14.4. The topological polar surface area (TPSA) is 72.3 Å². The summed E-state index contributed by atoms with van der Waals surface area (Å²) in [6.45, 7) is 0.466. The lowest BCUT2D eigenvalue weighted by Crippen LogP contribution is -2.38. The van der Waals surface area contributed by atoms with Gasteiger partial charge >= 0.3 is 6.18 Å². The fraction of sp³-hybridized carbons (Fsp3) is 0.375. The molecule has 36 heavy (non-hydrogen) atoms. The molecule has 12 heteroatoms. The van der Waals surface area contributed by atoms with Gasteiger partial charge in [-0.15, -0.1) is 35.0 Å². The molecule has 192 valence electrons. The van der Waals surface area contributed by atoms with Crippen LogP contribution in [0.2, 0.25) is 0 Å². The molecule has 2 N–H and O–H groups in total. The third-order valence-corrected chi connectivity index (χ3v) is 6.73. The molecule has 0 radical (unpaired) electrons. The molecule has 2 atom stereocenters. The van der Waals surface area contributed by atoms with Gasteiger partial charge in [0.05, 0.1) is 5.52 Å². The van der Waals surface area contributed by atoms with E-state index in [4.69, 9.17) is 5.73 Å². The molecule has 1 unspecified atom stereocenters. The molecular formula is C24H24Cl2F4N6. The standard InChI is InChI=1S/C24H22F4N6.2ClH/c25-18-9-14-3-5-19(30-20(14)10-17(18)13-1-2-13)23-32-31-21-6-4-15(11-34(21)23)22(24(26,27)28)33-8-7-16(29)12-33;;/h3-6,9-11,13,16,22H,1-2,7-8,12,29H2;2*1H/t16?,22-;;/m1../s1. The van der Waals surface area contributed by atoms with Crippen LogP contribution < -0.4 is 5.73 Å². The van der Waals surface area contributed by atoms with E-state index in [0.29, 0.717) is 40.1 Å². The highest BCUT2D eigenvalue weighted by Crippen LogP contribution is 2.42. The minimum absolute atomic E-state index is 0. The van der Waals surface area contributed by atoms with Crippen molar-refractivity contribution >= 4 is 41.4 Å². The number of nitrogens with zero attached hydrogens (tertiary/aromatic N) is 5. The SMILES string of the molecule is Cl.Cl.NC1CCN([C@H](c2ccc3nnc(-c4ccc5cc(F)c(C6CC6)cc5n4)n3c2)C(F)(F)F)C1. The molecule has 3 aromatic heterocycles. The molecule has 1 aromatic carbocycles. The summed E-state index contributed by atoms with van der Waals surface area (Å²) >= 11 is 0. The van der Waals surface area contributed by atoms with Gasteiger partial charge in [-0.1, -0.05) is 12.1 Å². The maximum absolute atomic E-state index is 14.4. The Labute approximate surface area is 216 Å². The first-order chi connectivity index (χ1) is 16.3. The summed E-state index contributed by atoms with van der Waals surface area (Å²) in [4.78, 5) is 6.02. The number of pyridine rings is 2. The summed E-state index contributed by atoms with van der Waals surface area (Å²) in [6.07, 6.45) is -0.587. The van der Waals surface area contributed by atoms with Gasteiger partial charge < -0.3 is 5.73 Å². The van der Waals surface area contributed by atoms with Crippen molar-refractivity contribution in [3.05, 3.63) is 59.5 Å². The Morgan fingerprint density at radius 1 is 1.00 bits per heavy atom. The van der Waals surface area contributed by atoms with Crippen molar-refractivity contribution < 1.29 is 17.6 Å². The number of rotatable bonds is 4.